The van der Waals surface area contributed by atoms with E-state index in [1.807, 2.05) is 16.8 Å². The first-order valence-electron chi connectivity index (χ1n) is 5.14. The highest BCUT2D eigenvalue weighted by Gasteiger charge is 2.06. The number of carbonyl (C=O) groups is 1. The largest absolute Gasteiger partial charge is 0.466 e. The number of thiophene rings is 1. The molecular formula is C10H15NO4S2. The van der Waals surface area contributed by atoms with Gasteiger partial charge in [-0.05, 0) is 35.2 Å². The molecule has 2 N–H and O–H groups in total. The van der Waals surface area contributed by atoms with Crippen molar-refractivity contribution in [2.24, 2.45) is 5.14 Å². The first kappa shape index (κ1) is 14.1. The van der Waals surface area contributed by atoms with Gasteiger partial charge in [-0.1, -0.05) is 0 Å². The van der Waals surface area contributed by atoms with Gasteiger partial charge in [0.2, 0.25) is 10.0 Å². The Morgan fingerprint density at radius 1 is 1.47 bits per heavy atom. The van der Waals surface area contributed by atoms with Crippen LogP contribution in [-0.4, -0.2) is 26.7 Å². The monoisotopic (exact) mass is 277 g/mol. The average molecular weight is 277 g/mol. The van der Waals surface area contributed by atoms with Gasteiger partial charge in [-0.3, -0.25) is 4.79 Å². The molecule has 7 heteroatoms. The van der Waals surface area contributed by atoms with E-state index in [1.54, 1.807) is 11.3 Å². The van der Waals surface area contributed by atoms with Crippen LogP contribution in [0, 0.1) is 0 Å². The summed E-state index contributed by atoms with van der Waals surface area (Å²) in [5.74, 6) is -0.476. The molecule has 0 radical (unpaired) electrons. The second-order valence-corrected chi connectivity index (χ2v) is 6.09. The summed E-state index contributed by atoms with van der Waals surface area (Å²) in [6, 6.07) is 1.96. The van der Waals surface area contributed by atoms with Crippen LogP contribution < -0.4 is 5.14 Å². The highest BCUT2D eigenvalue weighted by Crippen LogP contribution is 2.08. The Labute approximate surface area is 105 Å². The number of nitrogens with two attached hydrogens (primary N) is 1. The predicted molar refractivity (Wildman–Crippen MR) is 66.2 cm³/mol. The molecule has 17 heavy (non-hydrogen) atoms. The second kappa shape index (κ2) is 6.73. The molecule has 96 valence electrons. The number of hydrogen-bond acceptors (Lipinski definition) is 5. The second-order valence-electron chi connectivity index (χ2n) is 3.57. The fourth-order valence-corrected chi connectivity index (χ4v) is 2.42. The van der Waals surface area contributed by atoms with Crippen LogP contribution in [0.3, 0.4) is 0 Å². The molecule has 0 saturated heterocycles. The van der Waals surface area contributed by atoms with Gasteiger partial charge >= 0.3 is 5.97 Å². The van der Waals surface area contributed by atoms with E-state index in [0.717, 1.165) is 5.56 Å². The molecular weight excluding hydrogens is 262 g/mol. The molecule has 5 nitrogen and oxygen atoms in total. The Balaban J connectivity index is 2.09. The van der Waals surface area contributed by atoms with Gasteiger partial charge in [0, 0.05) is 6.42 Å². The number of sulfonamides is 1. The molecule has 0 fully saturated rings. The number of aryl methyl sites for hydroxylation is 1. The molecule has 0 amide bonds. The zero-order valence-electron chi connectivity index (χ0n) is 9.29. The lowest BCUT2D eigenvalue weighted by molar-refractivity contribution is -0.143. The van der Waals surface area contributed by atoms with Crippen molar-refractivity contribution in [2.75, 3.05) is 12.4 Å². The summed E-state index contributed by atoms with van der Waals surface area (Å²) in [5.41, 5.74) is 1.11. The molecule has 1 aromatic heterocycles. The van der Waals surface area contributed by atoms with E-state index < -0.39 is 10.0 Å². The molecule has 0 saturated carbocycles. The van der Waals surface area contributed by atoms with E-state index in [9.17, 15) is 13.2 Å². The molecule has 0 aromatic carbocycles. The quantitative estimate of drug-likeness (QED) is 0.592. The summed E-state index contributed by atoms with van der Waals surface area (Å²) >= 11 is 1.58. The van der Waals surface area contributed by atoms with Gasteiger partial charge in [0.15, 0.2) is 0 Å². The minimum absolute atomic E-state index is 0.0961. The molecule has 0 spiro atoms. The molecule has 1 rings (SSSR count). The van der Waals surface area contributed by atoms with Gasteiger partial charge in [0.1, 0.15) is 0 Å². The van der Waals surface area contributed by atoms with Crippen LogP contribution in [0.15, 0.2) is 16.8 Å². The normalized spacial score (nSPS) is 11.4. The average Bonchev–Trinajstić information content (AvgIpc) is 2.73. The zero-order chi connectivity index (χ0) is 12.7. The van der Waals surface area contributed by atoms with E-state index in [0.29, 0.717) is 12.8 Å². The van der Waals surface area contributed by atoms with Crippen molar-refractivity contribution in [1.82, 2.24) is 0 Å². The number of rotatable bonds is 7. The van der Waals surface area contributed by atoms with Crippen molar-refractivity contribution in [1.29, 1.82) is 0 Å². The third kappa shape index (κ3) is 7.09. The Kier molecular flexibility index (Phi) is 5.60. The highest BCUT2D eigenvalue weighted by molar-refractivity contribution is 7.89. The summed E-state index contributed by atoms with van der Waals surface area (Å²) in [6.45, 7) is 0.0961. The molecule has 0 aliphatic heterocycles. The maximum Gasteiger partial charge on any atom is 0.306 e. The lowest BCUT2D eigenvalue weighted by Gasteiger charge is -2.03. The van der Waals surface area contributed by atoms with E-state index in [1.165, 1.54) is 0 Å². The topological polar surface area (TPSA) is 86.5 Å². The Morgan fingerprint density at radius 2 is 2.24 bits per heavy atom. The first-order valence-corrected chi connectivity index (χ1v) is 7.80. The lowest BCUT2D eigenvalue weighted by atomic mass is 10.2. The van der Waals surface area contributed by atoms with Crippen molar-refractivity contribution in [3.63, 3.8) is 0 Å². The Hall–Kier alpha value is -0.920. The van der Waals surface area contributed by atoms with Crippen LogP contribution >= 0.6 is 11.3 Å². The number of ether oxygens (including phenoxy) is 1. The molecule has 0 unspecified atom stereocenters. The van der Waals surface area contributed by atoms with E-state index in [2.05, 4.69) is 0 Å². The number of carbonyl (C=O) groups excluding carboxylic acids is 1. The van der Waals surface area contributed by atoms with Crippen LogP contribution in [0.25, 0.3) is 0 Å². The van der Waals surface area contributed by atoms with Crippen molar-refractivity contribution in [3.05, 3.63) is 22.4 Å². The minimum atomic E-state index is -3.46. The predicted octanol–water partition coefficient (Wildman–Crippen LogP) is 0.902. The third-order valence-electron chi connectivity index (χ3n) is 2.03. The van der Waals surface area contributed by atoms with Crippen LogP contribution in [0.4, 0.5) is 0 Å². The van der Waals surface area contributed by atoms with Crippen LogP contribution in [0.1, 0.15) is 18.4 Å². The Morgan fingerprint density at radius 3 is 2.82 bits per heavy atom. The highest BCUT2D eigenvalue weighted by atomic mass is 32.2. The zero-order valence-corrected chi connectivity index (χ0v) is 10.9. The number of esters is 1. The van der Waals surface area contributed by atoms with Gasteiger partial charge < -0.3 is 4.74 Å². The van der Waals surface area contributed by atoms with Crippen LogP contribution in [0.5, 0.6) is 0 Å². The van der Waals surface area contributed by atoms with Crippen LogP contribution in [0.2, 0.25) is 0 Å². The first-order chi connectivity index (χ1) is 7.97. The minimum Gasteiger partial charge on any atom is -0.466 e. The molecule has 0 atom stereocenters. The van der Waals surface area contributed by atoms with Crippen molar-refractivity contribution >= 4 is 27.3 Å². The van der Waals surface area contributed by atoms with Gasteiger partial charge in [0.05, 0.1) is 12.4 Å². The fraction of sp³-hybridized carbons (Fsp3) is 0.500. The van der Waals surface area contributed by atoms with Gasteiger partial charge in [-0.2, -0.15) is 11.3 Å². The molecule has 0 aliphatic rings. The van der Waals surface area contributed by atoms with E-state index in [-0.39, 0.29) is 24.7 Å². The van der Waals surface area contributed by atoms with Crippen molar-refractivity contribution in [3.8, 4) is 0 Å². The number of primary sulfonamides is 1. The summed E-state index contributed by atoms with van der Waals surface area (Å²) in [4.78, 5) is 11.3. The lowest BCUT2D eigenvalue weighted by Crippen LogP contribution is -2.18. The summed E-state index contributed by atoms with van der Waals surface area (Å²) in [6.07, 6.45) is 1.20. The Bertz CT molecular complexity index is 439. The SMILES string of the molecule is NS(=O)(=O)CCCOC(=O)CCc1ccsc1. The standard InChI is InChI=1S/C10H15NO4S2/c11-17(13,14)7-1-5-15-10(12)3-2-9-4-6-16-8-9/h4,6,8H,1-3,5,7H2,(H2,11,13,14). The molecule has 0 aliphatic carbocycles. The summed E-state index contributed by atoms with van der Waals surface area (Å²) in [7, 11) is -3.46. The van der Waals surface area contributed by atoms with Gasteiger partial charge in [0.25, 0.3) is 0 Å². The molecule has 1 aromatic rings. The van der Waals surface area contributed by atoms with Crippen molar-refractivity contribution in [2.45, 2.75) is 19.3 Å². The van der Waals surface area contributed by atoms with E-state index in [4.69, 9.17) is 9.88 Å². The maximum atomic E-state index is 11.3. The fourth-order valence-electron chi connectivity index (χ4n) is 1.20. The number of hydrogen-bond donors (Lipinski definition) is 1. The van der Waals surface area contributed by atoms with Gasteiger partial charge in [-0.25, -0.2) is 13.6 Å². The van der Waals surface area contributed by atoms with Crippen molar-refractivity contribution < 1.29 is 17.9 Å². The van der Waals surface area contributed by atoms with Gasteiger partial charge in [-0.15, -0.1) is 0 Å². The molecule has 0 bridgehead atoms. The summed E-state index contributed by atoms with van der Waals surface area (Å²) in [5, 5.41) is 8.74. The van der Waals surface area contributed by atoms with E-state index >= 15 is 0 Å². The maximum absolute atomic E-state index is 11.3. The third-order valence-corrected chi connectivity index (χ3v) is 3.62. The molecule has 1 heterocycles. The smallest absolute Gasteiger partial charge is 0.306 e. The van der Waals surface area contributed by atoms with Crippen LogP contribution in [-0.2, 0) is 26.0 Å². The summed E-state index contributed by atoms with van der Waals surface area (Å²) < 4.78 is 26.1.